The van der Waals surface area contributed by atoms with Crippen molar-refractivity contribution >= 4 is 27.4 Å². The van der Waals surface area contributed by atoms with Crippen molar-refractivity contribution in [3.63, 3.8) is 0 Å². The Morgan fingerprint density at radius 3 is 2.77 bits per heavy atom. The molecule has 0 spiro atoms. The quantitative estimate of drug-likeness (QED) is 0.321. The van der Waals surface area contributed by atoms with Crippen molar-refractivity contribution in [2.24, 2.45) is 0 Å². The standard InChI is InChI=1S/C18H14BrFN4O2/c19-16-14(6-10-21-17(16)20)4-1-3-13-7-11-23(12-8-13)18-15(24(25)26)5-2-9-22-18/h2-3,5-6,9-10H,7-8,11-12H2. The van der Waals surface area contributed by atoms with Crippen LogP contribution in [0.2, 0.25) is 0 Å². The van der Waals surface area contributed by atoms with Crippen LogP contribution >= 0.6 is 15.9 Å². The first-order valence-corrected chi connectivity index (χ1v) is 8.69. The molecule has 8 heteroatoms. The van der Waals surface area contributed by atoms with Crippen LogP contribution in [0.25, 0.3) is 0 Å². The van der Waals surface area contributed by atoms with Gasteiger partial charge in [-0.15, -0.1) is 0 Å². The number of anilines is 1. The highest BCUT2D eigenvalue weighted by Crippen LogP contribution is 2.28. The van der Waals surface area contributed by atoms with Crippen molar-refractivity contribution in [1.82, 2.24) is 9.97 Å². The van der Waals surface area contributed by atoms with Gasteiger partial charge in [0.05, 0.1) is 9.40 Å². The molecule has 0 aromatic carbocycles. The topological polar surface area (TPSA) is 72.2 Å². The van der Waals surface area contributed by atoms with E-state index in [0.29, 0.717) is 24.5 Å². The van der Waals surface area contributed by atoms with Gasteiger partial charge in [0, 0.05) is 37.1 Å². The highest BCUT2D eigenvalue weighted by Gasteiger charge is 2.23. The van der Waals surface area contributed by atoms with Gasteiger partial charge in [0.25, 0.3) is 0 Å². The number of allylic oxidation sites excluding steroid dienone is 1. The van der Waals surface area contributed by atoms with E-state index in [2.05, 4.69) is 37.7 Å². The number of nitrogens with zero attached hydrogens (tertiary/aromatic N) is 4. The van der Waals surface area contributed by atoms with E-state index in [1.807, 2.05) is 11.0 Å². The van der Waals surface area contributed by atoms with Gasteiger partial charge in [-0.25, -0.2) is 9.97 Å². The van der Waals surface area contributed by atoms with E-state index >= 15 is 0 Å². The Bertz CT molecular complexity index is 926. The number of rotatable bonds is 2. The molecule has 132 valence electrons. The minimum atomic E-state index is -0.588. The lowest BCUT2D eigenvalue weighted by molar-refractivity contribution is -0.384. The van der Waals surface area contributed by atoms with Crippen molar-refractivity contribution in [2.45, 2.75) is 12.8 Å². The van der Waals surface area contributed by atoms with Crippen molar-refractivity contribution in [2.75, 3.05) is 18.0 Å². The molecule has 3 rings (SSSR count). The number of pyridine rings is 2. The molecular weight excluding hydrogens is 403 g/mol. The Morgan fingerprint density at radius 2 is 2.04 bits per heavy atom. The summed E-state index contributed by atoms with van der Waals surface area (Å²) in [5, 5.41) is 11.1. The van der Waals surface area contributed by atoms with Crippen LogP contribution in [0.15, 0.2) is 46.7 Å². The molecule has 2 aromatic heterocycles. The van der Waals surface area contributed by atoms with E-state index in [0.717, 1.165) is 18.4 Å². The van der Waals surface area contributed by atoms with Crippen LogP contribution in [0.5, 0.6) is 0 Å². The fraction of sp³-hybridized carbons (Fsp3) is 0.222. The summed E-state index contributed by atoms with van der Waals surface area (Å²) in [7, 11) is 0. The number of hydrogen-bond acceptors (Lipinski definition) is 5. The van der Waals surface area contributed by atoms with Crippen molar-refractivity contribution in [1.29, 1.82) is 0 Å². The molecule has 0 amide bonds. The molecule has 0 saturated carbocycles. The number of aromatic nitrogens is 2. The van der Waals surface area contributed by atoms with Crippen LogP contribution in [0.1, 0.15) is 18.4 Å². The smallest absolute Gasteiger partial charge is 0.311 e. The average Bonchev–Trinajstić information content (AvgIpc) is 2.66. The summed E-state index contributed by atoms with van der Waals surface area (Å²) >= 11 is 3.13. The van der Waals surface area contributed by atoms with Gasteiger partial charge in [-0.3, -0.25) is 10.1 Å². The maximum atomic E-state index is 13.4. The summed E-state index contributed by atoms with van der Waals surface area (Å²) in [6.07, 6.45) is 6.25. The molecule has 0 unspecified atom stereocenters. The van der Waals surface area contributed by atoms with E-state index in [9.17, 15) is 14.5 Å². The van der Waals surface area contributed by atoms with Crippen LogP contribution < -0.4 is 4.90 Å². The monoisotopic (exact) mass is 416 g/mol. The molecular formula is C18H14BrFN4O2. The maximum Gasteiger partial charge on any atom is 0.311 e. The Morgan fingerprint density at radius 1 is 1.27 bits per heavy atom. The SMILES string of the molecule is O=[N+]([O-])c1cccnc1N1CCC(=CC#Cc2ccnc(F)c2Br)CC1. The highest BCUT2D eigenvalue weighted by atomic mass is 79.9. The number of piperidine rings is 1. The normalized spacial score (nSPS) is 13.8. The molecule has 0 atom stereocenters. The lowest BCUT2D eigenvalue weighted by Crippen LogP contribution is -2.31. The van der Waals surface area contributed by atoms with Crippen LogP contribution in [0, 0.1) is 27.9 Å². The second-order valence-electron chi connectivity index (χ2n) is 5.63. The highest BCUT2D eigenvalue weighted by molar-refractivity contribution is 9.10. The van der Waals surface area contributed by atoms with Gasteiger partial charge in [0.15, 0.2) is 0 Å². The molecule has 1 aliphatic rings. The molecule has 2 aromatic rings. The van der Waals surface area contributed by atoms with Gasteiger partial charge in [-0.1, -0.05) is 17.4 Å². The summed E-state index contributed by atoms with van der Waals surface area (Å²) in [6, 6.07) is 4.67. The average molecular weight is 417 g/mol. The van der Waals surface area contributed by atoms with Crippen molar-refractivity contribution in [3.05, 3.63) is 68.3 Å². The van der Waals surface area contributed by atoms with Gasteiger partial charge < -0.3 is 4.90 Å². The largest absolute Gasteiger partial charge is 0.350 e. The lowest BCUT2D eigenvalue weighted by atomic mass is 10.0. The van der Waals surface area contributed by atoms with Crippen LogP contribution in [-0.2, 0) is 0 Å². The first-order chi connectivity index (χ1) is 12.6. The maximum absolute atomic E-state index is 13.4. The molecule has 0 radical (unpaired) electrons. The first-order valence-electron chi connectivity index (χ1n) is 7.90. The van der Waals surface area contributed by atoms with Crippen LogP contribution in [-0.4, -0.2) is 28.0 Å². The Balaban J connectivity index is 1.68. The second-order valence-corrected chi connectivity index (χ2v) is 6.42. The predicted octanol–water partition coefficient (Wildman–Crippen LogP) is 3.86. The van der Waals surface area contributed by atoms with Gasteiger partial charge in [-0.05, 0) is 47.0 Å². The zero-order chi connectivity index (χ0) is 18.5. The molecule has 0 bridgehead atoms. The number of hydrogen-bond donors (Lipinski definition) is 0. The fourth-order valence-electron chi connectivity index (χ4n) is 2.66. The van der Waals surface area contributed by atoms with E-state index in [1.54, 1.807) is 18.3 Å². The van der Waals surface area contributed by atoms with Crippen LogP contribution in [0.4, 0.5) is 15.9 Å². The van der Waals surface area contributed by atoms with Gasteiger partial charge in [0.2, 0.25) is 11.8 Å². The first kappa shape index (κ1) is 18.0. The summed E-state index contributed by atoms with van der Waals surface area (Å²) in [5.74, 6) is 5.66. The van der Waals surface area contributed by atoms with Gasteiger partial charge in [0.1, 0.15) is 0 Å². The lowest BCUT2D eigenvalue weighted by Gasteiger charge is -2.28. The minimum Gasteiger partial charge on any atom is -0.350 e. The van der Waals surface area contributed by atoms with Crippen molar-refractivity contribution in [3.8, 4) is 11.8 Å². The van der Waals surface area contributed by atoms with Crippen molar-refractivity contribution < 1.29 is 9.31 Å². The molecule has 1 aliphatic heterocycles. The summed E-state index contributed by atoms with van der Waals surface area (Å²) in [4.78, 5) is 20.3. The fourth-order valence-corrected chi connectivity index (χ4v) is 2.99. The van der Waals surface area contributed by atoms with E-state index in [1.165, 1.54) is 12.3 Å². The molecule has 6 nitrogen and oxygen atoms in total. The summed E-state index contributed by atoms with van der Waals surface area (Å²) in [6.45, 7) is 1.28. The Hall–Kier alpha value is -2.79. The van der Waals surface area contributed by atoms with Crippen LogP contribution in [0.3, 0.4) is 0 Å². The van der Waals surface area contributed by atoms with Gasteiger partial charge >= 0.3 is 5.69 Å². The second kappa shape index (κ2) is 8.06. The zero-order valence-electron chi connectivity index (χ0n) is 13.7. The number of nitro groups is 1. The molecule has 3 heterocycles. The molecule has 1 fully saturated rings. The zero-order valence-corrected chi connectivity index (χ0v) is 15.2. The predicted molar refractivity (Wildman–Crippen MR) is 99.2 cm³/mol. The molecule has 0 aliphatic carbocycles. The van der Waals surface area contributed by atoms with E-state index in [4.69, 9.17) is 0 Å². The van der Waals surface area contributed by atoms with E-state index in [-0.39, 0.29) is 10.2 Å². The third-order valence-electron chi connectivity index (χ3n) is 4.00. The molecule has 26 heavy (non-hydrogen) atoms. The Labute approximate surface area is 158 Å². The summed E-state index contributed by atoms with van der Waals surface area (Å²) < 4.78 is 13.6. The third kappa shape index (κ3) is 4.06. The third-order valence-corrected chi connectivity index (χ3v) is 4.75. The minimum absolute atomic E-state index is 0.0179. The number of halogens is 2. The summed E-state index contributed by atoms with van der Waals surface area (Å²) in [5.41, 5.74) is 1.71. The molecule has 0 N–H and O–H groups in total. The molecule has 1 saturated heterocycles. The Kier molecular flexibility index (Phi) is 5.58. The van der Waals surface area contributed by atoms with Gasteiger partial charge in [-0.2, -0.15) is 4.39 Å². The van der Waals surface area contributed by atoms with E-state index < -0.39 is 10.9 Å².